The van der Waals surface area contributed by atoms with Crippen molar-refractivity contribution >= 4 is 21.6 Å². The Kier molecular flexibility index (Phi) is 5.16. The molecular formula is C15H19N3O3S. The van der Waals surface area contributed by atoms with Gasteiger partial charge in [0.15, 0.2) is 0 Å². The molecule has 1 N–H and O–H groups in total. The van der Waals surface area contributed by atoms with Crippen molar-refractivity contribution in [1.29, 1.82) is 5.26 Å². The van der Waals surface area contributed by atoms with Gasteiger partial charge in [-0.15, -0.1) is 0 Å². The third-order valence-electron chi connectivity index (χ3n) is 3.64. The molecule has 6 nitrogen and oxygen atoms in total. The summed E-state index contributed by atoms with van der Waals surface area (Å²) in [5.41, 5.74) is 0.478. The van der Waals surface area contributed by atoms with E-state index in [-0.39, 0.29) is 11.3 Å². The molecule has 0 radical (unpaired) electrons. The van der Waals surface area contributed by atoms with Crippen molar-refractivity contribution in [3.05, 3.63) is 24.3 Å². The molecule has 1 aromatic carbocycles. The van der Waals surface area contributed by atoms with E-state index in [0.717, 1.165) is 12.8 Å². The van der Waals surface area contributed by atoms with Crippen LogP contribution in [0.25, 0.3) is 0 Å². The lowest BCUT2D eigenvalue weighted by molar-refractivity contribution is -0.115. The molecule has 0 aliphatic carbocycles. The highest BCUT2D eigenvalue weighted by Gasteiger charge is 2.28. The van der Waals surface area contributed by atoms with Gasteiger partial charge in [0.2, 0.25) is 15.9 Å². The van der Waals surface area contributed by atoms with Crippen molar-refractivity contribution in [1.82, 2.24) is 4.31 Å². The van der Waals surface area contributed by atoms with Gasteiger partial charge in [0, 0.05) is 18.8 Å². The van der Waals surface area contributed by atoms with Crippen molar-refractivity contribution in [3.63, 3.8) is 0 Å². The molecule has 0 bridgehead atoms. The van der Waals surface area contributed by atoms with Gasteiger partial charge in [-0.25, -0.2) is 8.42 Å². The minimum absolute atomic E-state index is 0.222. The van der Waals surface area contributed by atoms with Crippen LogP contribution in [0, 0.1) is 17.2 Å². The number of nitriles is 1. The van der Waals surface area contributed by atoms with Crippen LogP contribution in [0.5, 0.6) is 0 Å². The number of piperidine rings is 1. The molecular weight excluding hydrogens is 302 g/mol. The van der Waals surface area contributed by atoms with Crippen LogP contribution in [0.15, 0.2) is 29.2 Å². The number of benzene rings is 1. The SMILES string of the molecule is CC1CCCN(S(=O)(=O)c2ccc(NC(=O)CC#N)cc2)C1. The zero-order valence-electron chi connectivity index (χ0n) is 12.4. The number of carbonyl (C=O) groups excluding carboxylic acids is 1. The minimum Gasteiger partial charge on any atom is -0.325 e. The Bertz CT molecular complexity index is 677. The summed E-state index contributed by atoms with van der Waals surface area (Å²) < 4.78 is 26.6. The summed E-state index contributed by atoms with van der Waals surface area (Å²) in [4.78, 5) is 11.5. The van der Waals surface area contributed by atoms with Crippen LogP contribution in [0.2, 0.25) is 0 Å². The zero-order chi connectivity index (χ0) is 16.2. The van der Waals surface area contributed by atoms with Gasteiger partial charge in [0.25, 0.3) is 0 Å². The monoisotopic (exact) mass is 321 g/mol. The average molecular weight is 321 g/mol. The average Bonchev–Trinajstić information content (AvgIpc) is 2.48. The molecule has 1 fully saturated rings. The fourth-order valence-electron chi connectivity index (χ4n) is 2.50. The maximum absolute atomic E-state index is 12.6. The molecule has 1 aliphatic rings. The van der Waals surface area contributed by atoms with E-state index < -0.39 is 15.9 Å². The largest absolute Gasteiger partial charge is 0.325 e. The van der Waals surface area contributed by atoms with Crippen LogP contribution in [-0.2, 0) is 14.8 Å². The normalized spacial score (nSPS) is 19.4. The van der Waals surface area contributed by atoms with Crippen LogP contribution < -0.4 is 5.32 Å². The number of amides is 1. The van der Waals surface area contributed by atoms with E-state index in [9.17, 15) is 13.2 Å². The molecule has 118 valence electrons. The summed E-state index contributed by atoms with van der Waals surface area (Å²) >= 11 is 0. The van der Waals surface area contributed by atoms with Crippen LogP contribution in [0.4, 0.5) is 5.69 Å². The standard InChI is InChI=1S/C15H19N3O3S/c1-12-3-2-10-18(11-12)22(20,21)14-6-4-13(5-7-14)17-15(19)8-9-16/h4-7,12H,2-3,8,10-11H2,1H3,(H,17,19). The van der Waals surface area contributed by atoms with Crippen molar-refractivity contribution < 1.29 is 13.2 Å². The molecule has 1 aliphatic heterocycles. The molecule has 0 spiro atoms. The fourth-order valence-corrected chi connectivity index (χ4v) is 4.10. The van der Waals surface area contributed by atoms with Crippen LogP contribution in [0.1, 0.15) is 26.2 Å². The maximum Gasteiger partial charge on any atom is 0.243 e. The van der Waals surface area contributed by atoms with Gasteiger partial charge < -0.3 is 5.32 Å². The summed E-state index contributed by atoms with van der Waals surface area (Å²) in [5.74, 6) is -0.0453. The van der Waals surface area contributed by atoms with Gasteiger partial charge in [-0.2, -0.15) is 9.57 Å². The third-order valence-corrected chi connectivity index (χ3v) is 5.51. The molecule has 2 rings (SSSR count). The van der Waals surface area contributed by atoms with Crippen molar-refractivity contribution in [2.75, 3.05) is 18.4 Å². The van der Waals surface area contributed by atoms with Gasteiger partial charge in [0.1, 0.15) is 6.42 Å². The first-order valence-electron chi connectivity index (χ1n) is 7.20. The van der Waals surface area contributed by atoms with E-state index in [1.54, 1.807) is 6.07 Å². The predicted molar refractivity (Wildman–Crippen MR) is 82.5 cm³/mol. The van der Waals surface area contributed by atoms with Crippen molar-refractivity contribution in [2.24, 2.45) is 5.92 Å². The minimum atomic E-state index is -3.48. The fraction of sp³-hybridized carbons (Fsp3) is 0.467. The summed E-state index contributed by atoms with van der Waals surface area (Å²) in [6, 6.07) is 7.80. The molecule has 0 saturated carbocycles. The zero-order valence-corrected chi connectivity index (χ0v) is 13.3. The van der Waals surface area contributed by atoms with E-state index in [4.69, 9.17) is 5.26 Å². The molecule has 0 aromatic heterocycles. The number of hydrogen-bond acceptors (Lipinski definition) is 4. The molecule has 1 atom stereocenters. The number of hydrogen-bond donors (Lipinski definition) is 1. The highest BCUT2D eigenvalue weighted by atomic mass is 32.2. The number of anilines is 1. The van der Waals surface area contributed by atoms with E-state index >= 15 is 0 Å². The second-order valence-corrected chi connectivity index (χ2v) is 7.46. The Hall–Kier alpha value is -1.91. The van der Waals surface area contributed by atoms with Gasteiger partial charge in [-0.05, 0) is 43.0 Å². The Labute approximate surface area is 130 Å². The van der Waals surface area contributed by atoms with Crippen LogP contribution in [0.3, 0.4) is 0 Å². The Morgan fingerprint density at radius 3 is 2.68 bits per heavy atom. The predicted octanol–water partition coefficient (Wildman–Crippen LogP) is 1.96. The summed E-state index contributed by atoms with van der Waals surface area (Å²) in [6.07, 6.45) is 1.70. The lowest BCUT2D eigenvalue weighted by Crippen LogP contribution is -2.39. The number of carbonyl (C=O) groups is 1. The first kappa shape index (κ1) is 16.5. The van der Waals surface area contributed by atoms with Crippen LogP contribution in [-0.4, -0.2) is 31.7 Å². The van der Waals surface area contributed by atoms with Crippen LogP contribution >= 0.6 is 0 Å². The van der Waals surface area contributed by atoms with E-state index in [0.29, 0.717) is 24.7 Å². The first-order valence-corrected chi connectivity index (χ1v) is 8.64. The van der Waals surface area contributed by atoms with Gasteiger partial charge in [-0.3, -0.25) is 4.79 Å². The summed E-state index contributed by atoms with van der Waals surface area (Å²) in [5, 5.41) is 11.0. The quantitative estimate of drug-likeness (QED) is 0.918. The number of rotatable bonds is 4. The number of nitrogens with one attached hydrogen (secondary N) is 1. The Morgan fingerprint density at radius 1 is 1.41 bits per heavy atom. The van der Waals surface area contributed by atoms with Crippen molar-refractivity contribution in [3.8, 4) is 6.07 Å². The number of nitrogens with zero attached hydrogens (tertiary/aromatic N) is 2. The smallest absolute Gasteiger partial charge is 0.243 e. The molecule has 1 saturated heterocycles. The highest BCUT2D eigenvalue weighted by molar-refractivity contribution is 7.89. The van der Waals surface area contributed by atoms with Gasteiger partial charge in [0.05, 0.1) is 11.0 Å². The first-order chi connectivity index (χ1) is 10.4. The van der Waals surface area contributed by atoms with Gasteiger partial charge >= 0.3 is 0 Å². The second kappa shape index (κ2) is 6.90. The van der Waals surface area contributed by atoms with Crippen molar-refractivity contribution in [2.45, 2.75) is 31.1 Å². The second-order valence-electron chi connectivity index (χ2n) is 5.52. The van der Waals surface area contributed by atoms with E-state index in [1.807, 2.05) is 0 Å². The lowest BCUT2D eigenvalue weighted by Gasteiger charge is -2.30. The molecule has 22 heavy (non-hydrogen) atoms. The molecule has 1 amide bonds. The third kappa shape index (κ3) is 3.84. The Balaban J connectivity index is 2.12. The summed E-state index contributed by atoms with van der Waals surface area (Å²) in [6.45, 7) is 3.14. The van der Waals surface area contributed by atoms with Gasteiger partial charge in [-0.1, -0.05) is 6.92 Å². The molecule has 1 heterocycles. The molecule has 1 aromatic rings. The molecule has 7 heteroatoms. The number of sulfonamides is 1. The molecule has 1 unspecified atom stereocenters. The lowest BCUT2D eigenvalue weighted by atomic mass is 10.0. The van der Waals surface area contributed by atoms with E-state index in [1.165, 1.54) is 28.6 Å². The highest BCUT2D eigenvalue weighted by Crippen LogP contribution is 2.24. The van der Waals surface area contributed by atoms with E-state index in [2.05, 4.69) is 12.2 Å². The summed E-state index contributed by atoms with van der Waals surface area (Å²) in [7, 11) is -3.48. The Morgan fingerprint density at radius 2 is 2.09 bits per heavy atom. The maximum atomic E-state index is 12.6. The topological polar surface area (TPSA) is 90.3 Å².